The lowest BCUT2D eigenvalue weighted by atomic mass is 10.1. The normalized spacial score (nSPS) is 11.3. The number of benzene rings is 2. The molecule has 3 N–H and O–H groups in total. The Hall–Kier alpha value is -2.64. The maximum absolute atomic E-state index is 12.1. The van der Waals surface area contributed by atoms with Crippen LogP contribution in [0.15, 0.2) is 54.6 Å². The summed E-state index contributed by atoms with van der Waals surface area (Å²) in [6, 6.07) is 17.7. The number of amides is 1. The van der Waals surface area contributed by atoms with Gasteiger partial charge in [0, 0.05) is 20.3 Å². The molecule has 144 valence electrons. The fraction of sp³-hybridized carbons (Fsp3) is 0.300. The number of hydrogen-bond donors (Lipinski definition) is 3. The largest absolute Gasteiger partial charge is 0.481 e. The number of carbonyl (C=O) groups is 1. The van der Waals surface area contributed by atoms with E-state index in [1.165, 1.54) is 0 Å². The van der Waals surface area contributed by atoms with Crippen LogP contribution in [0.1, 0.15) is 13.3 Å². The van der Waals surface area contributed by atoms with E-state index >= 15 is 0 Å². The van der Waals surface area contributed by atoms with Crippen molar-refractivity contribution in [3.05, 3.63) is 54.6 Å². The number of nitrogens with one attached hydrogen (secondary N) is 3. The molecule has 2 aromatic rings. The van der Waals surface area contributed by atoms with Crippen LogP contribution >= 0.6 is 12.2 Å². The summed E-state index contributed by atoms with van der Waals surface area (Å²) in [5, 5.41) is 3.31. The van der Waals surface area contributed by atoms with Crippen LogP contribution in [0.5, 0.6) is 5.75 Å². The van der Waals surface area contributed by atoms with E-state index in [0.717, 1.165) is 17.5 Å². The number of methoxy groups -OCH3 is 1. The minimum atomic E-state index is -0.670. The first kappa shape index (κ1) is 20.7. The van der Waals surface area contributed by atoms with Crippen molar-refractivity contribution in [2.45, 2.75) is 19.4 Å². The topological polar surface area (TPSA) is 71.6 Å². The molecule has 0 heterocycles. The van der Waals surface area contributed by atoms with E-state index in [2.05, 4.69) is 16.2 Å². The Morgan fingerprint density at radius 2 is 1.70 bits per heavy atom. The number of carbonyl (C=O) groups excluding carboxylic acids is 1. The van der Waals surface area contributed by atoms with Crippen LogP contribution in [0.2, 0.25) is 0 Å². The summed E-state index contributed by atoms with van der Waals surface area (Å²) in [5.41, 5.74) is 7.41. The monoisotopic (exact) mass is 387 g/mol. The van der Waals surface area contributed by atoms with Crippen molar-refractivity contribution in [1.29, 1.82) is 0 Å². The van der Waals surface area contributed by atoms with Crippen molar-refractivity contribution in [1.82, 2.24) is 16.2 Å². The second kappa shape index (κ2) is 11.2. The van der Waals surface area contributed by atoms with Gasteiger partial charge in [-0.25, -0.2) is 0 Å². The maximum atomic E-state index is 12.1. The molecule has 0 spiro atoms. The van der Waals surface area contributed by atoms with Gasteiger partial charge in [-0.05, 0) is 48.8 Å². The molecule has 1 atom stereocenters. The summed E-state index contributed by atoms with van der Waals surface area (Å²) in [5.74, 6) is 0.306. The predicted octanol–water partition coefficient (Wildman–Crippen LogP) is 2.65. The van der Waals surface area contributed by atoms with Gasteiger partial charge in [0.05, 0.1) is 0 Å². The van der Waals surface area contributed by atoms with Crippen molar-refractivity contribution < 1.29 is 14.3 Å². The molecule has 27 heavy (non-hydrogen) atoms. The van der Waals surface area contributed by atoms with Gasteiger partial charge in [0.1, 0.15) is 5.75 Å². The van der Waals surface area contributed by atoms with Crippen molar-refractivity contribution in [2.24, 2.45) is 0 Å². The second-order valence-electron chi connectivity index (χ2n) is 5.87. The van der Waals surface area contributed by atoms with Crippen LogP contribution in [0.3, 0.4) is 0 Å². The first-order chi connectivity index (χ1) is 13.1. The Balaban J connectivity index is 1.76. The van der Waals surface area contributed by atoms with Crippen LogP contribution < -0.4 is 20.9 Å². The molecule has 0 unspecified atom stereocenters. The minimum Gasteiger partial charge on any atom is -0.481 e. The molecule has 0 aliphatic carbocycles. The second-order valence-corrected chi connectivity index (χ2v) is 6.28. The third kappa shape index (κ3) is 7.24. The lowest BCUT2D eigenvalue weighted by Crippen LogP contribution is -2.50. The average molecular weight is 388 g/mol. The highest BCUT2D eigenvalue weighted by Gasteiger charge is 2.14. The molecule has 0 aromatic heterocycles. The van der Waals surface area contributed by atoms with Gasteiger partial charge < -0.3 is 14.8 Å². The summed E-state index contributed by atoms with van der Waals surface area (Å²) in [6.07, 6.45) is 0.154. The van der Waals surface area contributed by atoms with E-state index in [4.69, 9.17) is 21.7 Å². The zero-order valence-corrected chi connectivity index (χ0v) is 16.3. The molecule has 0 aliphatic heterocycles. The first-order valence-electron chi connectivity index (χ1n) is 8.75. The van der Waals surface area contributed by atoms with Gasteiger partial charge >= 0.3 is 0 Å². The van der Waals surface area contributed by atoms with E-state index < -0.39 is 6.10 Å². The van der Waals surface area contributed by atoms with Crippen LogP contribution in [0.4, 0.5) is 0 Å². The fourth-order valence-electron chi connectivity index (χ4n) is 2.30. The van der Waals surface area contributed by atoms with E-state index in [9.17, 15) is 4.79 Å². The van der Waals surface area contributed by atoms with Crippen molar-refractivity contribution >= 4 is 23.2 Å². The Bertz CT molecular complexity index is 723. The third-order valence-corrected chi connectivity index (χ3v) is 4.00. The van der Waals surface area contributed by atoms with Crippen LogP contribution in [-0.2, 0) is 9.53 Å². The standard InChI is InChI=1S/C20H25N3O3S/c1-15(19(24)22-23-20(27)21-13-6-14-25-2)26-18-11-9-17(10-12-18)16-7-4-3-5-8-16/h3-5,7-12,15H,6,13-14H2,1-2H3,(H,22,24)(H2,21,23,27)/t15-/m1/s1. The quantitative estimate of drug-likeness (QED) is 0.367. The summed E-state index contributed by atoms with van der Waals surface area (Å²) in [7, 11) is 1.65. The minimum absolute atomic E-state index is 0.317. The molecular formula is C20H25N3O3S. The summed E-state index contributed by atoms with van der Waals surface area (Å²) in [6.45, 7) is 2.99. The molecule has 2 rings (SSSR count). The van der Waals surface area contributed by atoms with Gasteiger partial charge in [-0.15, -0.1) is 0 Å². The Labute approximate surface area is 165 Å². The molecular weight excluding hydrogens is 362 g/mol. The number of hydrazine groups is 1. The lowest BCUT2D eigenvalue weighted by molar-refractivity contribution is -0.127. The van der Waals surface area contributed by atoms with E-state index in [1.54, 1.807) is 14.0 Å². The van der Waals surface area contributed by atoms with Crippen LogP contribution in [0, 0.1) is 0 Å². The zero-order valence-electron chi connectivity index (χ0n) is 15.5. The zero-order chi connectivity index (χ0) is 19.5. The predicted molar refractivity (Wildman–Crippen MR) is 110 cm³/mol. The van der Waals surface area contributed by atoms with Gasteiger partial charge in [-0.2, -0.15) is 0 Å². The molecule has 0 aliphatic rings. The highest BCUT2D eigenvalue weighted by atomic mass is 32.1. The van der Waals surface area contributed by atoms with Gasteiger partial charge in [-0.1, -0.05) is 42.5 Å². The van der Waals surface area contributed by atoms with E-state index in [1.807, 2.05) is 54.6 Å². The Morgan fingerprint density at radius 3 is 2.37 bits per heavy atom. The van der Waals surface area contributed by atoms with E-state index in [-0.39, 0.29) is 5.91 Å². The van der Waals surface area contributed by atoms with E-state index in [0.29, 0.717) is 24.0 Å². The summed E-state index contributed by atoms with van der Waals surface area (Å²) < 4.78 is 10.6. The Kier molecular flexibility index (Phi) is 8.54. The molecule has 0 saturated carbocycles. The summed E-state index contributed by atoms with van der Waals surface area (Å²) in [4.78, 5) is 12.1. The van der Waals surface area contributed by atoms with Crippen LogP contribution in [-0.4, -0.2) is 37.4 Å². The third-order valence-electron chi connectivity index (χ3n) is 3.75. The average Bonchev–Trinajstić information content (AvgIpc) is 2.70. The van der Waals surface area contributed by atoms with Crippen LogP contribution in [0.25, 0.3) is 11.1 Å². The molecule has 0 saturated heterocycles. The first-order valence-corrected chi connectivity index (χ1v) is 9.15. The number of rotatable bonds is 8. The molecule has 7 heteroatoms. The number of hydrogen-bond acceptors (Lipinski definition) is 4. The molecule has 1 amide bonds. The van der Waals surface area contributed by atoms with Crippen molar-refractivity contribution in [3.8, 4) is 16.9 Å². The number of ether oxygens (including phenoxy) is 2. The highest BCUT2D eigenvalue weighted by Crippen LogP contribution is 2.22. The van der Waals surface area contributed by atoms with Crippen molar-refractivity contribution in [2.75, 3.05) is 20.3 Å². The van der Waals surface area contributed by atoms with Gasteiger partial charge in [0.15, 0.2) is 11.2 Å². The SMILES string of the molecule is COCCCNC(=S)NNC(=O)[C@@H](C)Oc1ccc(-c2ccccc2)cc1. The smallest absolute Gasteiger partial charge is 0.279 e. The fourth-order valence-corrected chi connectivity index (χ4v) is 2.45. The summed E-state index contributed by atoms with van der Waals surface area (Å²) >= 11 is 5.08. The highest BCUT2D eigenvalue weighted by molar-refractivity contribution is 7.80. The molecule has 0 fully saturated rings. The van der Waals surface area contributed by atoms with Gasteiger partial charge in [0.25, 0.3) is 5.91 Å². The molecule has 0 bridgehead atoms. The molecule has 6 nitrogen and oxygen atoms in total. The molecule has 0 radical (unpaired) electrons. The Morgan fingerprint density at radius 1 is 1.04 bits per heavy atom. The number of thiocarbonyl (C=S) groups is 1. The molecule has 2 aromatic carbocycles. The van der Waals surface area contributed by atoms with Crippen molar-refractivity contribution in [3.63, 3.8) is 0 Å². The van der Waals surface area contributed by atoms with Gasteiger partial charge in [0.2, 0.25) is 0 Å². The maximum Gasteiger partial charge on any atom is 0.279 e. The van der Waals surface area contributed by atoms with Gasteiger partial charge in [-0.3, -0.25) is 15.6 Å². The lowest BCUT2D eigenvalue weighted by Gasteiger charge is -2.16.